The third kappa shape index (κ3) is 4.51. The minimum atomic E-state index is -0.133. The number of unbranched alkanes of at least 4 members (excludes halogenated alkanes) is 1. The number of ether oxygens (including phenoxy) is 1. The fraction of sp³-hybridized carbons (Fsp3) is 0.593. The van der Waals surface area contributed by atoms with Crippen molar-refractivity contribution in [1.29, 1.82) is 0 Å². The van der Waals surface area contributed by atoms with Gasteiger partial charge in [-0.1, -0.05) is 75.7 Å². The van der Waals surface area contributed by atoms with Crippen LogP contribution in [0.5, 0.6) is 5.88 Å². The number of nitrogens with zero attached hydrogens (tertiary/aromatic N) is 3. The Morgan fingerprint density at radius 2 is 2.06 bits per heavy atom. The molecule has 0 spiro atoms. The molecule has 6 heteroatoms. The van der Waals surface area contributed by atoms with Crippen molar-refractivity contribution in [3.05, 3.63) is 35.9 Å². The SMILES string of the molecule is CCCCSc1nnc2c(n1)O[C@H]([C@H]1C[C@@H]3C(=CCCC3(C)C)C[C@@H]1C)Nc1ccccc1-2. The molecule has 3 aliphatic rings. The Morgan fingerprint density at radius 3 is 2.91 bits per heavy atom. The molecule has 1 saturated carbocycles. The van der Waals surface area contributed by atoms with Crippen LogP contribution >= 0.6 is 11.8 Å². The number of hydrogen-bond donors (Lipinski definition) is 1. The molecule has 0 bridgehead atoms. The minimum Gasteiger partial charge on any atom is -0.452 e. The zero-order valence-corrected chi connectivity index (χ0v) is 21.1. The fourth-order valence-corrected chi connectivity index (χ4v) is 6.69. The molecule has 1 aromatic heterocycles. The second-order valence-electron chi connectivity index (χ2n) is 10.6. The van der Waals surface area contributed by atoms with Crippen LogP contribution in [0.25, 0.3) is 11.3 Å². The molecule has 5 rings (SSSR count). The van der Waals surface area contributed by atoms with E-state index in [1.54, 1.807) is 17.3 Å². The van der Waals surface area contributed by atoms with Gasteiger partial charge in [-0.3, -0.25) is 0 Å². The average Bonchev–Trinajstić information content (AvgIpc) is 2.95. The summed E-state index contributed by atoms with van der Waals surface area (Å²) in [6.07, 6.45) is 9.48. The number of thioether (sulfide) groups is 1. The van der Waals surface area contributed by atoms with Gasteiger partial charge in [0.2, 0.25) is 11.0 Å². The molecular formula is C27H36N4OS. The van der Waals surface area contributed by atoms with E-state index < -0.39 is 0 Å². The number of fused-ring (bicyclic) bond motifs is 4. The Kier molecular flexibility index (Phi) is 6.39. The molecule has 1 aromatic carbocycles. The van der Waals surface area contributed by atoms with Crippen molar-refractivity contribution >= 4 is 17.4 Å². The van der Waals surface area contributed by atoms with Crippen molar-refractivity contribution in [2.45, 2.75) is 77.6 Å². The van der Waals surface area contributed by atoms with E-state index >= 15 is 0 Å². The van der Waals surface area contributed by atoms with Gasteiger partial charge in [0.05, 0.1) is 0 Å². The number of nitrogens with one attached hydrogen (secondary N) is 1. The average molecular weight is 465 g/mol. The molecule has 0 unspecified atom stereocenters. The molecule has 2 heterocycles. The normalized spacial score (nSPS) is 27.7. The third-order valence-corrected chi connectivity index (χ3v) is 8.78. The van der Waals surface area contributed by atoms with Crippen molar-refractivity contribution in [1.82, 2.24) is 15.2 Å². The van der Waals surface area contributed by atoms with Gasteiger partial charge in [-0.25, -0.2) is 0 Å². The van der Waals surface area contributed by atoms with E-state index in [1.165, 1.54) is 12.8 Å². The maximum atomic E-state index is 6.69. The second kappa shape index (κ2) is 9.28. The molecule has 0 amide bonds. The molecule has 2 aromatic rings. The van der Waals surface area contributed by atoms with E-state index in [9.17, 15) is 0 Å². The highest BCUT2D eigenvalue weighted by Crippen LogP contribution is 2.52. The van der Waals surface area contributed by atoms with Crippen LogP contribution in [0.2, 0.25) is 0 Å². The summed E-state index contributed by atoms with van der Waals surface area (Å²) < 4.78 is 6.69. The molecular weight excluding hydrogens is 428 g/mol. The lowest BCUT2D eigenvalue weighted by atomic mass is 9.59. The molecule has 0 radical (unpaired) electrons. The van der Waals surface area contributed by atoms with E-state index in [0.717, 1.165) is 48.4 Å². The van der Waals surface area contributed by atoms with Crippen molar-refractivity contribution < 1.29 is 4.74 Å². The summed E-state index contributed by atoms with van der Waals surface area (Å²) in [6, 6.07) is 8.32. The van der Waals surface area contributed by atoms with Crippen LogP contribution in [0.3, 0.4) is 0 Å². The molecule has 5 nitrogen and oxygen atoms in total. The van der Waals surface area contributed by atoms with Crippen molar-refractivity contribution in [3.63, 3.8) is 0 Å². The Balaban J connectivity index is 1.48. The third-order valence-electron chi connectivity index (χ3n) is 7.85. The number of allylic oxidation sites excluding steroid dienone is 2. The van der Waals surface area contributed by atoms with Crippen molar-refractivity contribution in [2.75, 3.05) is 11.1 Å². The van der Waals surface area contributed by atoms with Crippen molar-refractivity contribution in [2.24, 2.45) is 23.2 Å². The van der Waals surface area contributed by atoms with Gasteiger partial charge in [-0.2, -0.15) is 4.98 Å². The summed E-state index contributed by atoms with van der Waals surface area (Å²) in [5.74, 6) is 3.18. The lowest BCUT2D eigenvalue weighted by Gasteiger charge is -2.48. The first kappa shape index (κ1) is 22.7. The van der Waals surface area contributed by atoms with Crippen LogP contribution in [-0.2, 0) is 0 Å². The molecule has 0 saturated heterocycles. The first-order chi connectivity index (χ1) is 16.0. The number of hydrogen-bond acceptors (Lipinski definition) is 6. The molecule has 1 N–H and O–H groups in total. The lowest BCUT2D eigenvalue weighted by molar-refractivity contribution is 0.0519. The first-order valence-corrected chi connectivity index (χ1v) is 13.5. The van der Waals surface area contributed by atoms with Gasteiger partial charge in [0, 0.05) is 22.9 Å². The highest BCUT2D eigenvalue weighted by molar-refractivity contribution is 7.99. The smallest absolute Gasteiger partial charge is 0.247 e. The molecule has 1 fully saturated rings. The van der Waals surface area contributed by atoms with Gasteiger partial charge in [0.1, 0.15) is 0 Å². The summed E-state index contributed by atoms with van der Waals surface area (Å²) >= 11 is 1.67. The van der Waals surface area contributed by atoms with E-state index in [1.807, 2.05) is 6.07 Å². The lowest BCUT2D eigenvalue weighted by Crippen LogP contribution is -2.45. The highest BCUT2D eigenvalue weighted by Gasteiger charge is 2.44. The molecule has 33 heavy (non-hydrogen) atoms. The summed E-state index contributed by atoms with van der Waals surface area (Å²) in [4.78, 5) is 4.84. The number of para-hydroxylation sites is 1. The van der Waals surface area contributed by atoms with Crippen LogP contribution < -0.4 is 10.1 Å². The van der Waals surface area contributed by atoms with Crippen LogP contribution in [0.4, 0.5) is 5.69 Å². The number of benzene rings is 1. The van der Waals surface area contributed by atoms with Crippen LogP contribution in [-0.4, -0.2) is 27.2 Å². The molecule has 1 aliphatic heterocycles. The zero-order chi connectivity index (χ0) is 23.0. The van der Waals surface area contributed by atoms with Gasteiger partial charge in [-0.05, 0) is 55.4 Å². The second-order valence-corrected chi connectivity index (χ2v) is 11.7. The Labute approximate surface area is 202 Å². The number of aromatic nitrogens is 3. The highest BCUT2D eigenvalue weighted by atomic mass is 32.2. The summed E-state index contributed by atoms with van der Waals surface area (Å²) in [7, 11) is 0. The maximum absolute atomic E-state index is 6.69. The first-order valence-electron chi connectivity index (χ1n) is 12.6. The summed E-state index contributed by atoms with van der Waals surface area (Å²) in [5, 5.41) is 13.4. The number of anilines is 1. The summed E-state index contributed by atoms with van der Waals surface area (Å²) in [6.45, 7) is 9.48. The van der Waals surface area contributed by atoms with Crippen LogP contribution in [0.1, 0.15) is 66.2 Å². The van der Waals surface area contributed by atoms with Crippen LogP contribution in [0.15, 0.2) is 41.1 Å². The van der Waals surface area contributed by atoms with Gasteiger partial charge in [0.15, 0.2) is 11.9 Å². The van der Waals surface area contributed by atoms with Crippen molar-refractivity contribution in [3.8, 4) is 17.1 Å². The zero-order valence-electron chi connectivity index (χ0n) is 20.3. The monoisotopic (exact) mass is 464 g/mol. The fourth-order valence-electron chi connectivity index (χ4n) is 5.82. The quantitative estimate of drug-likeness (QED) is 0.293. The maximum Gasteiger partial charge on any atom is 0.247 e. The largest absolute Gasteiger partial charge is 0.452 e. The van der Waals surface area contributed by atoms with Crippen LogP contribution in [0, 0.1) is 23.2 Å². The molecule has 4 atom stereocenters. The topological polar surface area (TPSA) is 59.9 Å². The van der Waals surface area contributed by atoms with Gasteiger partial charge >= 0.3 is 0 Å². The minimum absolute atomic E-state index is 0.133. The van der Waals surface area contributed by atoms with E-state index in [4.69, 9.17) is 9.72 Å². The molecule has 2 aliphatic carbocycles. The van der Waals surface area contributed by atoms with E-state index in [0.29, 0.717) is 34.2 Å². The summed E-state index contributed by atoms with van der Waals surface area (Å²) in [5.41, 5.74) is 4.82. The van der Waals surface area contributed by atoms with Gasteiger partial charge in [0.25, 0.3) is 0 Å². The van der Waals surface area contributed by atoms with Gasteiger partial charge < -0.3 is 10.1 Å². The van der Waals surface area contributed by atoms with Gasteiger partial charge in [-0.15, -0.1) is 10.2 Å². The Bertz CT molecular complexity index is 1040. The Morgan fingerprint density at radius 1 is 1.21 bits per heavy atom. The standard InChI is InChI=1S/C27H36N4OS/c1-5-6-14-33-26-29-25-23(30-31-26)19-11-7-8-12-22(19)28-24(32-25)20-16-21-18(15-17(20)2)10-9-13-27(21,3)4/h7-8,10-12,17,20-21,24,28H,5-6,9,13-16H2,1-4H3/t17-,20-,21+,24+/m0/s1. The molecule has 176 valence electrons. The number of rotatable bonds is 5. The van der Waals surface area contributed by atoms with E-state index in [2.05, 4.69) is 67.5 Å². The Hall–Kier alpha value is -2.08. The predicted octanol–water partition coefficient (Wildman–Crippen LogP) is 6.97. The van der Waals surface area contributed by atoms with E-state index in [-0.39, 0.29) is 6.23 Å². The predicted molar refractivity (Wildman–Crippen MR) is 135 cm³/mol.